The summed E-state index contributed by atoms with van der Waals surface area (Å²) in [6.07, 6.45) is 1.53. The molecule has 178 valence electrons. The van der Waals surface area contributed by atoms with Crippen LogP contribution in [0.4, 0.5) is 17.2 Å². The second-order valence-corrected chi connectivity index (χ2v) is 9.34. The maximum absolute atomic E-state index is 12.8. The highest BCUT2D eigenvalue weighted by Crippen LogP contribution is 2.32. The van der Waals surface area contributed by atoms with Gasteiger partial charge in [-0.25, -0.2) is 9.67 Å². The highest BCUT2D eigenvalue weighted by Gasteiger charge is 2.20. The van der Waals surface area contributed by atoms with E-state index in [1.54, 1.807) is 29.5 Å². The number of halogens is 1. The third-order valence-electron chi connectivity index (χ3n) is 5.42. The summed E-state index contributed by atoms with van der Waals surface area (Å²) in [5.74, 6) is 0.813. The molecule has 3 aromatic heterocycles. The average Bonchev–Trinajstić information content (AvgIpc) is 3.11. The fourth-order valence-corrected chi connectivity index (χ4v) is 4.14. The number of para-hydroxylation sites is 1. The van der Waals surface area contributed by atoms with Gasteiger partial charge >= 0.3 is 0 Å². The maximum atomic E-state index is 12.8. The topological polar surface area (TPSA) is 98.9 Å². The van der Waals surface area contributed by atoms with Crippen molar-refractivity contribution in [1.82, 2.24) is 24.3 Å². The Morgan fingerprint density at radius 1 is 1.18 bits per heavy atom. The van der Waals surface area contributed by atoms with Gasteiger partial charge in [0.2, 0.25) is 0 Å². The third kappa shape index (κ3) is 4.62. The third-order valence-corrected chi connectivity index (χ3v) is 5.70. The Hall–Kier alpha value is -3.43. The van der Waals surface area contributed by atoms with Crippen LogP contribution in [0.15, 0.2) is 41.3 Å². The van der Waals surface area contributed by atoms with Gasteiger partial charge in [0.05, 0.1) is 35.2 Å². The van der Waals surface area contributed by atoms with E-state index in [1.165, 1.54) is 6.20 Å². The molecule has 4 aromatic rings. The Morgan fingerprint density at radius 2 is 1.94 bits per heavy atom. The first-order chi connectivity index (χ1) is 16.1. The van der Waals surface area contributed by atoms with Gasteiger partial charge in [0.25, 0.3) is 11.5 Å². The lowest BCUT2D eigenvalue weighted by Crippen LogP contribution is -2.36. The predicted octanol–water partition coefficient (Wildman–Crippen LogP) is 4.36. The number of ether oxygens (including phenoxy) is 1. The number of methoxy groups -OCH3 is 1. The summed E-state index contributed by atoms with van der Waals surface area (Å²) >= 11 is 6.44. The molecule has 0 atom stereocenters. The Morgan fingerprint density at radius 3 is 2.62 bits per heavy atom. The first kappa shape index (κ1) is 23.7. The normalized spacial score (nSPS) is 11.7. The molecule has 0 amide bonds. The largest absolute Gasteiger partial charge is 0.382 e. The molecule has 3 heterocycles. The molecule has 0 aliphatic heterocycles. The van der Waals surface area contributed by atoms with Crippen molar-refractivity contribution in [3.8, 4) is 5.95 Å². The molecule has 0 saturated heterocycles. The van der Waals surface area contributed by atoms with E-state index >= 15 is 0 Å². The standard InChI is InChI=1S/C24H28ClN7O2/c1-14-10-15(2)32(30-14)23-26-12-17(25)22(28-23)27-18-9-7-8-16-19(29-24(3,4)13-34-6)11-20(33)31(5)21(16)18/h7-12,29H,13H2,1-6H3,(H,26,27,28). The minimum atomic E-state index is -0.373. The van der Waals surface area contributed by atoms with E-state index in [0.29, 0.717) is 34.6 Å². The summed E-state index contributed by atoms with van der Waals surface area (Å²) in [5, 5.41) is 12.4. The zero-order valence-electron chi connectivity index (χ0n) is 20.1. The summed E-state index contributed by atoms with van der Waals surface area (Å²) in [5.41, 5.74) is 3.38. The zero-order chi connectivity index (χ0) is 24.6. The van der Waals surface area contributed by atoms with Gasteiger partial charge in [-0.15, -0.1) is 0 Å². The van der Waals surface area contributed by atoms with Crippen LogP contribution in [0.1, 0.15) is 25.2 Å². The molecule has 2 N–H and O–H groups in total. The van der Waals surface area contributed by atoms with Crippen molar-refractivity contribution in [2.45, 2.75) is 33.2 Å². The second-order valence-electron chi connectivity index (χ2n) is 8.93. The Bertz CT molecular complexity index is 1430. The van der Waals surface area contributed by atoms with Crippen LogP contribution in [0.25, 0.3) is 16.9 Å². The van der Waals surface area contributed by atoms with Crippen LogP contribution < -0.4 is 16.2 Å². The summed E-state index contributed by atoms with van der Waals surface area (Å²) in [6.45, 7) is 8.36. The quantitative estimate of drug-likeness (QED) is 0.404. The zero-order valence-corrected chi connectivity index (χ0v) is 20.9. The van der Waals surface area contributed by atoms with Gasteiger partial charge in [-0.3, -0.25) is 4.79 Å². The van der Waals surface area contributed by atoms with Crippen LogP contribution >= 0.6 is 11.6 Å². The highest BCUT2D eigenvalue weighted by molar-refractivity contribution is 6.33. The first-order valence-electron chi connectivity index (χ1n) is 10.8. The van der Waals surface area contributed by atoms with Gasteiger partial charge in [0.1, 0.15) is 5.02 Å². The van der Waals surface area contributed by atoms with E-state index in [-0.39, 0.29) is 11.1 Å². The fourth-order valence-electron chi connectivity index (χ4n) is 4.00. The molecular formula is C24H28ClN7O2. The molecule has 4 rings (SSSR count). The number of fused-ring (bicyclic) bond motifs is 1. The smallest absolute Gasteiger partial charge is 0.252 e. The molecule has 0 radical (unpaired) electrons. The predicted molar refractivity (Wildman–Crippen MR) is 136 cm³/mol. The van der Waals surface area contributed by atoms with Gasteiger partial charge in [0, 0.05) is 37.0 Å². The lowest BCUT2D eigenvalue weighted by molar-refractivity contribution is 0.158. The lowest BCUT2D eigenvalue weighted by atomic mass is 10.0. The van der Waals surface area contributed by atoms with E-state index in [9.17, 15) is 4.79 Å². The maximum Gasteiger partial charge on any atom is 0.252 e. The SMILES string of the molecule is COCC(C)(C)Nc1cc(=O)n(C)c2c(Nc3nc(-n4nc(C)cc4C)ncc3Cl)cccc12. The molecule has 0 aliphatic rings. The van der Waals surface area contributed by atoms with E-state index < -0.39 is 0 Å². The Kier molecular flexibility index (Phi) is 6.33. The fraction of sp³-hybridized carbons (Fsp3) is 0.333. The van der Waals surface area contributed by atoms with Crippen LogP contribution in [0.5, 0.6) is 0 Å². The van der Waals surface area contributed by atoms with Crippen molar-refractivity contribution < 1.29 is 4.74 Å². The molecule has 10 heteroatoms. The first-order valence-corrected chi connectivity index (χ1v) is 11.2. The number of hydrogen-bond acceptors (Lipinski definition) is 7. The number of aromatic nitrogens is 5. The van der Waals surface area contributed by atoms with Crippen LogP contribution in [-0.4, -0.2) is 43.6 Å². The van der Waals surface area contributed by atoms with E-state index in [0.717, 1.165) is 22.5 Å². The number of rotatable bonds is 7. The molecule has 9 nitrogen and oxygen atoms in total. The minimum absolute atomic E-state index is 0.144. The van der Waals surface area contributed by atoms with Crippen molar-refractivity contribution in [2.75, 3.05) is 24.4 Å². The average molecular weight is 482 g/mol. The van der Waals surface area contributed by atoms with Crippen molar-refractivity contribution in [2.24, 2.45) is 7.05 Å². The van der Waals surface area contributed by atoms with E-state index in [2.05, 4.69) is 25.7 Å². The second kappa shape index (κ2) is 9.08. The summed E-state index contributed by atoms with van der Waals surface area (Å²) in [4.78, 5) is 21.8. The van der Waals surface area contributed by atoms with Crippen molar-refractivity contribution in [1.29, 1.82) is 0 Å². The summed E-state index contributed by atoms with van der Waals surface area (Å²) < 4.78 is 8.59. The van der Waals surface area contributed by atoms with Gasteiger partial charge < -0.3 is 19.9 Å². The molecule has 0 spiro atoms. The highest BCUT2D eigenvalue weighted by atomic mass is 35.5. The van der Waals surface area contributed by atoms with Crippen LogP contribution in [-0.2, 0) is 11.8 Å². The van der Waals surface area contributed by atoms with Crippen molar-refractivity contribution in [3.63, 3.8) is 0 Å². The van der Waals surface area contributed by atoms with Crippen LogP contribution in [0.3, 0.4) is 0 Å². The number of benzene rings is 1. The molecular weight excluding hydrogens is 454 g/mol. The molecule has 1 aromatic carbocycles. The van der Waals surface area contributed by atoms with E-state index in [1.807, 2.05) is 52.0 Å². The lowest BCUT2D eigenvalue weighted by Gasteiger charge is -2.28. The molecule has 0 fully saturated rings. The number of aryl methyl sites for hydroxylation is 3. The number of hydrogen-bond donors (Lipinski definition) is 2. The van der Waals surface area contributed by atoms with Crippen LogP contribution in [0.2, 0.25) is 5.02 Å². The summed E-state index contributed by atoms with van der Waals surface area (Å²) in [7, 11) is 3.39. The molecule has 0 aliphatic carbocycles. The minimum Gasteiger partial charge on any atom is -0.382 e. The molecule has 0 bridgehead atoms. The molecule has 0 unspecified atom stereocenters. The molecule has 34 heavy (non-hydrogen) atoms. The van der Waals surface area contributed by atoms with Crippen molar-refractivity contribution >= 4 is 39.7 Å². The number of nitrogens with zero attached hydrogens (tertiary/aromatic N) is 5. The van der Waals surface area contributed by atoms with Gasteiger partial charge in [-0.05, 0) is 39.8 Å². The van der Waals surface area contributed by atoms with Crippen LogP contribution in [0, 0.1) is 13.8 Å². The Labute approximate surface area is 202 Å². The number of anilines is 3. The summed E-state index contributed by atoms with van der Waals surface area (Å²) in [6, 6.07) is 9.31. The van der Waals surface area contributed by atoms with Gasteiger partial charge in [-0.1, -0.05) is 23.7 Å². The molecule has 0 saturated carbocycles. The monoisotopic (exact) mass is 481 g/mol. The number of nitrogens with one attached hydrogen (secondary N) is 2. The van der Waals surface area contributed by atoms with Crippen molar-refractivity contribution in [3.05, 3.63) is 63.3 Å². The van der Waals surface area contributed by atoms with Gasteiger partial charge in [-0.2, -0.15) is 10.1 Å². The van der Waals surface area contributed by atoms with E-state index in [4.69, 9.17) is 16.3 Å². The number of pyridine rings is 1. The Balaban J connectivity index is 1.81. The van der Waals surface area contributed by atoms with Gasteiger partial charge in [0.15, 0.2) is 5.82 Å².